The highest BCUT2D eigenvalue weighted by molar-refractivity contribution is 5.96. The molecule has 0 bridgehead atoms. The van der Waals surface area contributed by atoms with Gasteiger partial charge in [-0.2, -0.15) is 8.78 Å². The normalized spacial score (nSPS) is 10.5. The van der Waals surface area contributed by atoms with Crippen molar-refractivity contribution in [3.63, 3.8) is 0 Å². The van der Waals surface area contributed by atoms with Crippen LogP contribution in [-0.4, -0.2) is 30.2 Å². The van der Waals surface area contributed by atoms with E-state index in [1.165, 1.54) is 42.5 Å². The summed E-state index contributed by atoms with van der Waals surface area (Å²) in [5.74, 6) is -1.50. The summed E-state index contributed by atoms with van der Waals surface area (Å²) in [6, 6.07) is 18.7. The molecule has 0 unspecified atom stereocenters. The molecule has 0 radical (unpaired) electrons. The summed E-state index contributed by atoms with van der Waals surface area (Å²) < 4.78 is 34.2. The van der Waals surface area contributed by atoms with Crippen LogP contribution in [-0.2, 0) is 9.53 Å². The SMILES string of the molecule is O=C(COC(=O)c1cccc(-c2ccc(O)cc2)c1)Nc1ccccc1OC(F)F. The Balaban J connectivity index is 1.61. The lowest BCUT2D eigenvalue weighted by Crippen LogP contribution is -2.21. The molecule has 2 N–H and O–H groups in total. The maximum atomic E-state index is 12.4. The fourth-order valence-corrected chi connectivity index (χ4v) is 2.65. The van der Waals surface area contributed by atoms with Gasteiger partial charge >= 0.3 is 12.6 Å². The fourth-order valence-electron chi connectivity index (χ4n) is 2.65. The summed E-state index contributed by atoms with van der Waals surface area (Å²) in [7, 11) is 0. The molecule has 0 aliphatic heterocycles. The summed E-state index contributed by atoms with van der Waals surface area (Å²) in [5, 5.41) is 11.7. The van der Waals surface area contributed by atoms with Gasteiger partial charge in [-0.15, -0.1) is 0 Å². The topological polar surface area (TPSA) is 84.9 Å². The number of hydrogen-bond donors (Lipinski definition) is 2. The standard InChI is InChI=1S/C22H17F2NO5/c23-22(24)30-19-7-2-1-6-18(19)25-20(27)13-29-21(28)16-5-3-4-15(12-16)14-8-10-17(26)11-9-14/h1-12,22,26H,13H2,(H,25,27). The van der Waals surface area contributed by atoms with Crippen molar-refractivity contribution < 1.29 is 33.0 Å². The van der Waals surface area contributed by atoms with E-state index in [9.17, 15) is 23.5 Å². The molecule has 0 saturated heterocycles. The van der Waals surface area contributed by atoms with Crippen LogP contribution in [0.3, 0.4) is 0 Å². The molecule has 0 aliphatic carbocycles. The molecule has 0 aromatic heterocycles. The Morgan fingerprint density at radius 3 is 2.40 bits per heavy atom. The van der Waals surface area contributed by atoms with Crippen molar-refractivity contribution in [1.29, 1.82) is 0 Å². The Hall–Kier alpha value is -3.94. The van der Waals surface area contributed by atoms with Crippen molar-refractivity contribution in [2.24, 2.45) is 0 Å². The van der Waals surface area contributed by atoms with E-state index >= 15 is 0 Å². The zero-order chi connectivity index (χ0) is 21.5. The molecule has 30 heavy (non-hydrogen) atoms. The van der Waals surface area contributed by atoms with Crippen molar-refractivity contribution in [1.82, 2.24) is 0 Å². The van der Waals surface area contributed by atoms with E-state index in [1.54, 1.807) is 30.3 Å². The first kappa shape index (κ1) is 20.8. The highest BCUT2D eigenvalue weighted by atomic mass is 19.3. The van der Waals surface area contributed by atoms with Gasteiger partial charge < -0.3 is 19.9 Å². The average molecular weight is 413 g/mol. The maximum Gasteiger partial charge on any atom is 0.387 e. The van der Waals surface area contributed by atoms with Crippen molar-refractivity contribution in [3.8, 4) is 22.6 Å². The fraction of sp³-hybridized carbons (Fsp3) is 0.0909. The molecule has 3 rings (SSSR count). The van der Waals surface area contributed by atoms with E-state index in [4.69, 9.17) is 4.74 Å². The molecule has 0 aliphatic rings. The van der Waals surface area contributed by atoms with E-state index in [0.29, 0.717) is 0 Å². The van der Waals surface area contributed by atoms with E-state index in [1.807, 2.05) is 0 Å². The quantitative estimate of drug-likeness (QED) is 0.559. The minimum atomic E-state index is -3.04. The van der Waals surface area contributed by atoms with E-state index < -0.39 is 25.1 Å². The minimum Gasteiger partial charge on any atom is -0.508 e. The highest BCUT2D eigenvalue weighted by Gasteiger charge is 2.14. The Morgan fingerprint density at radius 2 is 1.67 bits per heavy atom. The lowest BCUT2D eigenvalue weighted by molar-refractivity contribution is -0.119. The molecule has 0 atom stereocenters. The summed E-state index contributed by atoms with van der Waals surface area (Å²) in [6.07, 6.45) is 0. The first-order valence-corrected chi connectivity index (χ1v) is 8.82. The van der Waals surface area contributed by atoms with E-state index in [-0.39, 0.29) is 22.7 Å². The molecular formula is C22H17F2NO5. The molecule has 6 nitrogen and oxygen atoms in total. The Bertz CT molecular complexity index is 1040. The van der Waals surface area contributed by atoms with Gasteiger partial charge in [0.05, 0.1) is 11.3 Å². The number of carbonyl (C=O) groups is 2. The van der Waals surface area contributed by atoms with Gasteiger partial charge in [0.1, 0.15) is 11.5 Å². The third-order valence-electron chi connectivity index (χ3n) is 4.01. The van der Waals surface area contributed by atoms with Gasteiger partial charge in [-0.05, 0) is 47.5 Å². The number of benzene rings is 3. The molecule has 0 heterocycles. The number of rotatable bonds is 7. The van der Waals surface area contributed by atoms with Crippen LogP contribution in [0.25, 0.3) is 11.1 Å². The number of anilines is 1. The van der Waals surface area contributed by atoms with Crippen LogP contribution in [0.4, 0.5) is 14.5 Å². The number of halogens is 2. The number of phenolic OH excluding ortho intramolecular Hbond substituents is 1. The second kappa shape index (κ2) is 9.51. The van der Waals surface area contributed by atoms with Crippen LogP contribution >= 0.6 is 0 Å². The van der Waals surface area contributed by atoms with E-state index in [2.05, 4.69) is 10.1 Å². The van der Waals surface area contributed by atoms with Gasteiger partial charge in [0.15, 0.2) is 6.61 Å². The highest BCUT2D eigenvalue weighted by Crippen LogP contribution is 2.26. The van der Waals surface area contributed by atoms with Crippen LogP contribution in [0.5, 0.6) is 11.5 Å². The summed E-state index contributed by atoms with van der Waals surface area (Å²) in [6.45, 7) is -3.65. The summed E-state index contributed by atoms with van der Waals surface area (Å²) in [4.78, 5) is 24.3. The summed E-state index contributed by atoms with van der Waals surface area (Å²) >= 11 is 0. The molecule has 1 amide bonds. The van der Waals surface area contributed by atoms with Crippen LogP contribution in [0, 0.1) is 0 Å². The molecule has 3 aromatic rings. The average Bonchev–Trinajstić information content (AvgIpc) is 2.74. The number of hydrogen-bond acceptors (Lipinski definition) is 5. The number of esters is 1. The van der Waals surface area contributed by atoms with E-state index in [0.717, 1.165) is 11.1 Å². The number of ether oxygens (including phenoxy) is 2. The van der Waals surface area contributed by atoms with Crippen LogP contribution < -0.4 is 10.1 Å². The number of alkyl halides is 2. The molecule has 8 heteroatoms. The van der Waals surface area contributed by atoms with Crippen molar-refractivity contribution in [3.05, 3.63) is 78.4 Å². The van der Waals surface area contributed by atoms with Crippen LogP contribution in [0.1, 0.15) is 10.4 Å². The van der Waals surface area contributed by atoms with Crippen LogP contribution in [0.15, 0.2) is 72.8 Å². The zero-order valence-corrected chi connectivity index (χ0v) is 15.5. The van der Waals surface area contributed by atoms with Crippen LogP contribution in [0.2, 0.25) is 0 Å². The molecule has 0 fully saturated rings. The second-order valence-electron chi connectivity index (χ2n) is 6.13. The maximum absolute atomic E-state index is 12.4. The first-order chi connectivity index (χ1) is 14.4. The monoisotopic (exact) mass is 413 g/mol. The third kappa shape index (κ3) is 5.54. The van der Waals surface area contributed by atoms with Crippen molar-refractivity contribution >= 4 is 17.6 Å². The second-order valence-corrected chi connectivity index (χ2v) is 6.13. The third-order valence-corrected chi connectivity index (χ3v) is 4.01. The Morgan fingerprint density at radius 1 is 0.933 bits per heavy atom. The Kier molecular flexibility index (Phi) is 6.59. The van der Waals surface area contributed by atoms with Crippen molar-refractivity contribution in [2.45, 2.75) is 6.61 Å². The molecule has 0 saturated carbocycles. The Labute approximate surface area is 170 Å². The largest absolute Gasteiger partial charge is 0.508 e. The lowest BCUT2D eigenvalue weighted by atomic mass is 10.0. The molecule has 3 aromatic carbocycles. The number of amides is 1. The van der Waals surface area contributed by atoms with Gasteiger partial charge in [-0.1, -0.05) is 36.4 Å². The number of nitrogens with one attached hydrogen (secondary N) is 1. The first-order valence-electron chi connectivity index (χ1n) is 8.82. The predicted octanol–water partition coefficient (Wildman–Crippen LogP) is 4.46. The van der Waals surface area contributed by atoms with Gasteiger partial charge in [-0.3, -0.25) is 4.79 Å². The lowest BCUT2D eigenvalue weighted by Gasteiger charge is -2.12. The van der Waals surface area contributed by atoms with Gasteiger partial charge in [0, 0.05) is 0 Å². The minimum absolute atomic E-state index is 0.0353. The number of aromatic hydroxyl groups is 1. The van der Waals surface area contributed by atoms with Gasteiger partial charge in [-0.25, -0.2) is 4.79 Å². The summed E-state index contributed by atoms with van der Waals surface area (Å²) in [5.41, 5.74) is 1.78. The number of phenols is 1. The molecule has 154 valence electrons. The van der Waals surface area contributed by atoms with Gasteiger partial charge in [0.2, 0.25) is 0 Å². The molecule has 0 spiro atoms. The number of carbonyl (C=O) groups excluding carboxylic acids is 2. The zero-order valence-electron chi connectivity index (χ0n) is 15.5. The molecular weight excluding hydrogens is 396 g/mol. The van der Waals surface area contributed by atoms with Gasteiger partial charge in [0.25, 0.3) is 5.91 Å². The number of para-hydroxylation sites is 2. The van der Waals surface area contributed by atoms with Crippen molar-refractivity contribution in [2.75, 3.05) is 11.9 Å². The predicted molar refractivity (Wildman–Crippen MR) is 106 cm³/mol. The smallest absolute Gasteiger partial charge is 0.387 e.